The number of tetrazole rings is 1. The van der Waals surface area contributed by atoms with Crippen molar-refractivity contribution in [3.8, 4) is 0 Å². The highest BCUT2D eigenvalue weighted by molar-refractivity contribution is 7.99. The lowest BCUT2D eigenvalue weighted by molar-refractivity contribution is -0.113. The summed E-state index contributed by atoms with van der Waals surface area (Å²) in [6.45, 7) is 0. The average molecular weight is 339 g/mol. The monoisotopic (exact) mass is 339 g/mol. The van der Waals surface area contributed by atoms with Crippen LogP contribution in [0, 0.1) is 11.6 Å². The fourth-order valence-electron chi connectivity index (χ4n) is 2.58. The van der Waals surface area contributed by atoms with Gasteiger partial charge in [-0.3, -0.25) is 4.79 Å². The highest BCUT2D eigenvalue weighted by Gasteiger charge is 2.22. The Hall–Kier alpha value is -2.03. The second-order valence-corrected chi connectivity index (χ2v) is 6.22. The average Bonchev–Trinajstić information content (AvgIpc) is 3.19. The van der Waals surface area contributed by atoms with E-state index >= 15 is 0 Å². The van der Waals surface area contributed by atoms with Gasteiger partial charge in [0.1, 0.15) is 17.3 Å². The quantitative estimate of drug-likeness (QED) is 0.848. The second-order valence-electron chi connectivity index (χ2n) is 5.28. The van der Waals surface area contributed by atoms with Crippen LogP contribution in [0.2, 0.25) is 0 Å². The predicted octanol–water partition coefficient (Wildman–Crippen LogP) is 2.80. The molecule has 1 amide bonds. The lowest BCUT2D eigenvalue weighted by atomic mass is 10.3. The molecule has 0 unspecified atom stereocenters. The van der Waals surface area contributed by atoms with Crippen LogP contribution < -0.4 is 5.32 Å². The normalized spacial score (nSPS) is 15.0. The van der Waals surface area contributed by atoms with Crippen LogP contribution in [0.15, 0.2) is 23.4 Å². The standard InChI is InChI=1S/C14H15F2N5OS/c15-10-6-3-7-11(16)13(10)17-12(22)8-23-14-18-19-20-21(14)9-4-1-2-5-9/h3,6-7,9H,1-2,4-5,8H2,(H,17,22). The van der Waals surface area contributed by atoms with Gasteiger partial charge in [-0.25, -0.2) is 13.5 Å². The van der Waals surface area contributed by atoms with Crippen LogP contribution in [-0.2, 0) is 4.79 Å². The number of rotatable bonds is 5. The van der Waals surface area contributed by atoms with E-state index < -0.39 is 23.2 Å². The Labute approximate surface area is 135 Å². The van der Waals surface area contributed by atoms with Crippen molar-refractivity contribution in [1.82, 2.24) is 20.2 Å². The number of benzene rings is 1. The van der Waals surface area contributed by atoms with Crippen LogP contribution in [-0.4, -0.2) is 31.9 Å². The summed E-state index contributed by atoms with van der Waals surface area (Å²) in [6.07, 6.45) is 4.32. The molecule has 3 rings (SSSR count). The maximum atomic E-state index is 13.5. The summed E-state index contributed by atoms with van der Waals surface area (Å²) in [6, 6.07) is 3.68. The minimum atomic E-state index is -0.806. The van der Waals surface area contributed by atoms with E-state index in [1.807, 2.05) is 0 Å². The zero-order valence-electron chi connectivity index (χ0n) is 12.2. The number of hydrogen-bond donors (Lipinski definition) is 1. The molecule has 122 valence electrons. The molecule has 1 heterocycles. The molecule has 0 spiro atoms. The molecule has 23 heavy (non-hydrogen) atoms. The first kappa shape index (κ1) is 15.9. The number of amides is 1. The van der Waals surface area contributed by atoms with Crippen LogP contribution in [0.3, 0.4) is 0 Å². The first-order valence-electron chi connectivity index (χ1n) is 7.29. The van der Waals surface area contributed by atoms with Crippen molar-refractivity contribution in [2.24, 2.45) is 0 Å². The molecule has 6 nitrogen and oxygen atoms in total. The van der Waals surface area contributed by atoms with E-state index in [2.05, 4.69) is 20.8 Å². The van der Waals surface area contributed by atoms with Crippen molar-refractivity contribution < 1.29 is 13.6 Å². The van der Waals surface area contributed by atoms with E-state index in [0.717, 1.165) is 49.6 Å². The molecule has 0 aliphatic heterocycles. The van der Waals surface area contributed by atoms with Gasteiger partial charge in [0, 0.05) is 0 Å². The topological polar surface area (TPSA) is 72.7 Å². The van der Waals surface area contributed by atoms with Crippen molar-refractivity contribution in [3.63, 3.8) is 0 Å². The van der Waals surface area contributed by atoms with Gasteiger partial charge in [-0.2, -0.15) is 0 Å². The first-order chi connectivity index (χ1) is 11.1. The molecule has 1 aliphatic carbocycles. The smallest absolute Gasteiger partial charge is 0.235 e. The molecule has 1 fully saturated rings. The van der Waals surface area contributed by atoms with E-state index in [-0.39, 0.29) is 11.8 Å². The Morgan fingerprint density at radius 3 is 2.70 bits per heavy atom. The van der Waals surface area contributed by atoms with Gasteiger partial charge in [-0.15, -0.1) is 5.10 Å². The molecule has 0 radical (unpaired) electrons. The first-order valence-corrected chi connectivity index (χ1v) is 8.28. The number of aromatic nitrogens is 4. The van der Waals surface area contributed by atoms with E-state index in [9.17, 15) is 13.6 Å². The zero-order valence-corrected chi connectivity index (χ0v) is 13.0. The van der Waals surface area contributed by atoms with Crippen LogP contribution in [0.25, 0.3) is 0 Å². The number of carbonyl (C=O) groups excluding carboxylic acids is 1. The van der Waals surface area contributed by atoms with Gasteiger partial charge in [0.15, 0.2) is 0 Å². The van der Waals surface area contributed by atoms with Crippen LogP contribution in [0.5, 0.6) is 0 Å². The Morgan fingerprint density at radius 1 is 1.30 bits per heavy atom. The van der Waals surface area contributed by atoms with Crippen LogP contribution in [0.1, 0.15) is 31.7 Å². The molecule has 9 heteroatoms. The molecular formula is C14H15F2N5OS. The summed E-state index contributed by atoms with van der Waals surface area (Å²) in [5.41, 5.74) is -0.437. The molecule has 0 bridgehead atoms. The number of anilines is 1. The fourth-order valence-corrected chi connectivity index (χ4v) is 3.33. The minimum absolute atomic E-state index is 0.0269. The summed E-state index contributed by atoms with van der Waals surface area (Å²) in [4.78, 5) is 11.9. The third-order valence-corrected chi connectivity index (χ3v) is 4.63. The minimum Gasteiger partial charge on any atom is -0.320 e. The number of hydrogen-bond acceptors (Lipinski definition) is 5. The number of thioether (sulfide) groups is 1. The molecule has 2 aromatic rings. The molecular weight excluding hydrogens is 324 g/mol. The van der Waals surface area contributed by atoms with Gasteiger partial charge in [-0.1, -0.05) is 30.7 Å². The Morgan fingerprint density at radius 2 is 2.00 bits per heavy atom. The molecule has 0 atom stereocenters. The largest absolute Gasteiger partial charge is 0.320 e. The van der Waals surface area contributed by atoms with E-state index in [1.165, 1.54) is 6.07 Å². The Balaban J connectivity index is 1.60. The Kier molecular flexibility index (Phi) is 4.85. The second kappa shape index (κ2) is 7.03. The van der Waals surface area contributed by atoms with Crippen molar-refractivity contribution in [2.45, 2.75) is 36.9 Å². The van der Waals surface area contributed by atoms with E-state index in [4.69, 9.17) is 0 Å². The number of halogens is 2. The van der Waals surface area contributed by atoms with Crippen LogP contribution in [0.4, 0.5) is 14.5 Å². The summed E-state index contributed by atoms with van der Waals surface area (Å²) in [5, 5.41) is 14.3. The van der Waals surface area contributed by atoms with Gasteiger partial charge in [0.05, 0.1) is 11.8 Å². The van der Waals surface area contributed by atoms with Crippen molar-refractivity contribution >= 4 is 23.4 Å². The predicted molar refractivity (Wildman–Crippen MR) is 81.0 cm³/mol. The summed E-state index contributed by atoms with van der Waals surface area (Å²) < 4.78 is 28.7. The molecule has 0 saturated heterocycles. The highest BCUT2D eigenvalue weighted by Crippen LogP contribution is 2.31. The molecule has 1 saturated carbocycles. The summed E-state index contributed by atoms with van der Waals surface area (Å²) in [7, 11) is 0. The lowest BCUT2D eigenvalue weighted by Gasteiger charge is -2.11. The summed E-state index contributed by atoms with van der Waals surface area (Å²) >= 11 is 1.15. The maximum absolute atomic E-state index is 13.5. The zero-order chi connectivity index (χ0) is 16.2. The molecule has 1 N–H and O–H groups in total. The van der Waals surface area contributed by atoms with Gasteiger partial charge in [0.25, 0.3) is 0 Å². The lowest BCUT2D eigenvalue weighted by Crippen LogP contribution is -2.17. The van der Waals surface area contributed by atoms with Crippen molar-refractivity contribution in [3.05, 3.63) is 29.8 Å². The molecule has 1 aromatic carbocycles. The van der Waals surface area contributed by atoms with Crippen LogP contribution >= 0.6 is 11.8 Å². The van der Waals surface area contributed by atoms with Gasteiger partial charge in [0.2, 0.25) is 11.1 Å². The van der Waals surface area contributed by atoms with Crippen molar-refractivity contribution in [1.29, 1.82) is 0 Å². The van der Waals surface area contributed by atoms with Crippen molar-refractivity contribution in [2.75, 3.05) is 11.1 Å². The molecule has 1 aliphatic rings. The third kappa shape index (κ3) is 3.66. The van der Waals surface area contributed by atoms with Gasteiger partial charge < -0.3 is 5.32 Å². The van der Waals surface area contributed by atoms with E-state index in [1.54, 1.807) is 4.68 Å². The number of nitrogens with one attached hydrogen (secondary N) is 1. The molecule has 1 aromatic heterocycles. The Bertz CT molecular complexity index is 682. The number of nitrogens with zero attached hydrogens (tertiary/aromatic N) is 4. The van der Waals surface area contributed by atoms with E-state index in [0.29, 0.717) is 5.16 Å². The number of carbonyl (C=O) groups is 1. The maximum Gasteiger partial charge on any atom is 0.235 e. The number of para-hydroxylation sites is 1. The highest BCUT2D eigenvalue weighted by atomic mass is 32.2. The summed E-state index contributed by atoms with van der Waals surface area (Å²) in [5.74, 6) is -2.15. The van der Waals surface area contributed by atoms with Gasteiger partial charge >= 0.3 is 0 Å². The van der Waals surface area contributed by atoms with Gasteiger partial charge in [-0.05, 0) is 35.4 Å². The SMILES string of the molecule is O=C(CSc1nnnn1C1CCCC1)Nc1c(F)cccc1F. The third-order valence-electron chi connectivity index (χ3n) is 3.69. The fraction of sp³-hybridized carbons (Fsp3) is 0.429.